The Balaban J connectivity index is 3.57. The number of ether oxygens (including phenoxy) is 2. The first kappa shape index (κ1) is 18.9. The summed E-state index contributed by atoms with van der Waals surface area (Å²) in [5, 5.41) is 4.95. The highest BCUT2D eigenvalue weighted by Gasteiger charge is 2.09. The molecule has 0 aromatic rings. The van der Waals surface area contributed by atoms with Gasteiger partial charge in [-0.1, -0.05) is 0 Å². The van der Waals surface area contributed by atoms with E-state index in [9.17, 15) is 19.2 Å². The zero-order chi connectivity index (χ0) is 16.1. The predicted octanol–water partition coefficient (Wildman–Crippen LogP) is -0.485. The Morgan fingerprint density at radius 2 is 1.29 bits per heavy atom. The lowest BCUT2D eigenvalue weighted by atomic mass is 10.3. The van der Waals surface area contributed by atoms with Crippen LogP contribution >= 0.6 is 0 Å². The first-order valence-corrected chi connectivity index (χ1v) is 6.78. The fraction of sp³-hybridized carbons (Fsp3) is 0.692. The fourth-order valence-electron chi connectivity index (χ4n) is 1.30. The lowest BCUT2D eigenvalue weighted by Gasteiger charge is -2.06. The molecule has 2 N–H and O–H groups in total. The van der Waals surface area contributed by atoms with Crippen LogP contribution in [0.2, 0.25) is 0 Å². The molecule has 0 radical (unpaired) electrons. The Morgan fingerprint density at radius 3 is 1.71 bits per heavy atom. The minimum atomic E-state index is -0.531. The predicted molar refractivity (Wildman–Crippen MR) is 73.1 cm³/mol. The van der Waals surface area contributed by atoms with Crippen LogP contribution in [0.5, 0.6) is 0 Å². The minimum Gasteiger partial charge on any atom is -0.462 e. The van der Waals surface area contributed by atoms with Crippen molar-refractivity contribution in [3.63, 3.8) is 0 Å². The Kier molecular flexibility index (Phi) is 10.5. The van der Waals surface area contributed by atoms with Crippen LogP contribution in [0, 0.1) is 0 Å². The number of nitrogens with one attached hydrogen (secondary N) is 2. The monoisotopic (exact) mass is 302 g/mol. The van der Waals surface area contributed by atoms with Gasteiger partial charge in [-0.2, -0.15) is 0 Å². The molecule has 0 spiro atoms. The summed E-state index contributed by atoms with van der Waals surface area (Å²) in [6.07, 6.45) is 0.0848. The van der Waals surface area contributed by atoms with Crippen molar-refractivity contribution in [1.29, 1.82) is 0 Å². The van der Waals surface area contributed by atoms with E-state index in [1.807, 2.05) is 0 Å². The van der Waals surface area contributed by atoms with E-state index in [0.29, 0.717) is 6.54 Å². The minimum absolute atomic E-state index is 0.0174. The third-order valence-electron chi connectivity index (χ3n) is 2.37. The molecule has 0 rings (SSSR count). The van der Waals surface area contributed by atoms with Crippen molar-refractivity contribution in [2.75, 3.05) is 26.8 Å². The molecule has 0 aliphatic rings. The van der Waals surface area contributed by atoms with Gasteiger partial charge >= 0.3 is 11.9 Å². The highest BCUT2D eigenvalue weighted by atomic mass is 16.6. The molecule has 0 bridgehead atoms. The van der Waals surface area contributed by atoms with Crippen LogP contribution < -0.4 is 10.6 Å². The summed E-state index contributed by atoms with van der Waals surface area (Å²) < 4.78 is 9.57. The summed E-state index contributed by atoms with van der Waals surface area (Å²) in [6, 6.07) is 0. The number of amides is 2. The number of carbonyl (C=O) groups excluding carboxylic acids is 4. The largest absolute Gasteiger partial charge is 0.462 e. The van der Waals surface area contributed by atoms with Crippen LogP contribution in [0.3, 0.4) is 0 Å². The lowest BCUT2D eigenvalue weighted by Crippen LogP contribution is -2.23. The van der Waals surface area contributed by atoms with Gasteiger partial charge in [-0.05, 0) is 6.92 Å². The molecular weight excluding hydrogens is 280 g/mol. The van der Waals surface area contributed by atoms with Crippen LogP contribution in [0.25, 0.3) is 0 Å². The molecule has 0 aromatic heterocycles. The van der Waals surface area contributed by atoms with Crippen molar-refractivity contribution in [2.45, 2.75) is 32.6 Å². The summed E-state index contributed by atoms with van der Waals surface area (Å²) in [5.41, 5.74) is 0. The Labute approximate surface area is 123 Å². The number of hydrogen-bond donors (Lipinski definition) is 2. The van der Waals surface area contributed by atoms with E-state index >= 15 is 0 Å². The van der Waals surface area contributed by atoms with Crippen LogP contribution in [0.15, 0.2) is 0 Å². The van der Waals surface area contributed by atoms with Crippen LogP contribution in [0.4, 0.5) is 0 Å². The molecule has 120 valence electrons. The van der Waals surface area contributed by atoms with E-state index in [-0.39, 0.29) is 50.7 Å². The maximum Gasteiger partial charge on any atom is 0.306 e. The second-order valence-electron chi connectivity index (χ2n) is 4.07. The van der Waals surface area contributed by atoms with Gasteiger partial charge in [-0.25, -0.2) is 0 Å². The van der Waals surface area contributed by atoms with Gasteiger partial charge in [0.25, 0.3) is 0 Å². The summed E-state index contributed by atoms with van der Waals surface area (Å²) in [4.78, 5) is 44.4. The van der Waals surface area contributed by atoms with Crippen molar-refractivity contribution >= 4 is 23.8 Å². The first-order chi connectivity index (χ1) is 9.99. The second-order valence-corrected chi connectivity index (χ2v) is 4.07. The maximum absolute atomic E-state index is 11.3. The average molecular weight is 302 g/mol. The third kappa shape index (κ3) is 11.4. The third-order valence-corrected chi connectivity index (χ3v) is 2.37. The van der Waals surface area contributed by atoms with Gasteiger partial charge in [-0.15, -0.1) is 0 Å². The molecule has 21 heavy (non-hydrogen) atoms. The van der Waals surface area contributed by atoms with Gasteiger partial charge in [-0.3, -0.25) is 19.2 Å². The van der Waals surface area contributed by atoms with Crippen molar-refractivity contribution in [3.05, 3.63) is 0 Å². The summed E-state index contributed by atoms with van der Waals surface area (Å²) in [6.45, 7) is 2.16. The molecule has 2 amide bonds. The van der Waals surface area contributed by atoms with Crippen molar-refractivity contribution < 1.29 is 28.7 Å². The normalized spacial score (nSPS) is 9.62. The van der Waals surface area contributed by atoms with Crippen molar-refractivity contribution in [3.8, 4) is 0 Å². The standard InChI is InChI=1S/C13H22N2O6/c1-3-15-11(17)5-7-13(19)21-9-8-20-12(18)6-4-10(16)14-2/h3-9H2,1-2H3,(H,14,16)(H,15,17). The summed E-state index contributed by atoms with van der Waals surface area (Å²) in [7, 11) is 1.48. The van der Waals surface area contributed by atoms with E-state index in [0.717, 1.165) is 0 Å². The Hall–Kier alpha value is -2.12. The Bertz CT molecular complexity index is 370. The zero-order valence-electron chi connectivity index (χ0n) is 12.4. The Morgan fingerprint density at radius 1 is 0.810 bits per heavy atom. The molecule has 8 nitrogen and oxygen atoms in total. The van der Waals surface area contributed by atoms with E-state index in [4.69, 9.17) is 9.47 Å². The van der Waals surface area contributed by atoms with Crippen LogP contribution in [-0.4, -0.2) is 50.6 Å². The molecule has 0 aliphatic heterocycles. The number of rotatable bonds is 10. The molecule has 0 saturated heterocycles. The first-order valence-electron chi connectivity index (χ1n) is 6.78. The fourth-order valence-corrected chi connectivity index (χ4v) is 1.30. The summed E-state index contributed by atoms with van der Waals surface area (Å²) in [5.74, 6) is -1.52. The van der Waals surface area contributed by atoms with E-state index in [1.165, 1.54) is 7.05 Å². The van der Waals surface area contributed by atoms with Gasteiger partial charge < -0.3 is 20.1 Å². The van der Waals surface area contributed by atoms with Crippen molar-refractivity contribution in [1.82, 2.24) is 10.6 Å². The second kappa shape index (κ2) is 11.7. The highest BCUT2D eigenvalue weighted by molar-refractivity contribution is 5.81. The molecule has 0 saturated carbocycles. The molecule has 0 fully saturated rings. The molecule has 0 atom stereocenters. The van der Waals surface area contributed by atoms with E-state index < -0.39 is 11.9 Å². The summed E-state index contributed by atoms with van der Waals surface area (Å²) >= 11 is 0. The van der Waals surface area contributed by atoms with Gasteiger partial charge in [0, 0.05) is 26.4 Å². The van der Waals surface area contributed by atoms with E-state index in [2.05, 4.69) is 10.6 Å². The van der Waals surface area contributed by atoms with E-state index in [1.54, 1.807) is 6.92 Å². The molecule has 0 heterocycles. The molecular formula is C13H22N2O6. The number of hydrogen-bond acceptors (Lipinski definition) is 6. The lowest BCUT2D eigenvalue weighted by molar-refractivity contribution is -0.153. The molecule has 0 unspecified atom stereocenters. The number of carbonyl (C=O) groups is 4. The average Bonchev–Trinajstić information content (AvgIpc) is 2.47. The quantitative estimate of drug-likeness (QED) is 0.416. The van der Waals surface area contributed by atoms with Gasteiger partial charge in [0.1, 0.15) is 13.2 Å². The number of esters is 2. The molecule has 0 aliphatic carbocycles. The smallest absolute Gasteiger partial charge is 0.306 e. The van der Waals surface area contributed by atoms with Crippen molar-refractivity contribution in [2.24, 2.45) is 0 Å². The highest BCUT2D eigenvalue weighted by Crippen LogP contribution is 1.95. The van der Waals surface area contributed by atoms with Crippen LogP contribution in [-0.2, 0) is 28.7 Å². The van der Waals surface area contributed by atoms with Gasteiger partial charge in [0.05, 0.1) is 12.8 Å². The maximum atomic E-state index is 11.3. The molecule has 0 aromatic carbocycles. The molecule has 8 heteroatoms. The van der Waals surface area contributed by atoms with Crippen LogP contribution in [0.1, 0.15) is 32.6 Å². The van der Waals surface area contributed by atoms with Gasteiger partial charge in [0.2, 0.25) is 11.8 Å². The topological polar surface area (TPSA) is 111 Å². The SMILES string of the molecule is CCNC(=O)CCC(=O)OCCOC(=O)CCC(=O)NC. The zero-order valence-corrected chi connectivity index (χ0v) is 12.4. The van der Waals surface area contributed by atoms with Gasteiger partial charge in [0.15, 0.2) is 0 Å².